The molecule has 0 radical (unpaired) electrons. The largest absolute Gasteiger partial charge is 0.455 e. The van der Waals surface area contributed by atoms with E-state index in [1.807, 2.05) is 12.1 Å². The lowest BCUT2D eigenvalue weighted by Gasteiger charge is -2.05. The first-order valence-corrected chi connectivity index (χ1v) is 8.37. The highest BCUT2D eigenvalue weighted by Gasteiger charge is 2.06. The van der Waals surface area contributed by atoms with Gasteiger partial charge in [0, 0.05) is 25.8 Å². The van der Waals surface area contributed by atoms with Gasteiger partial charge < -0.3 is 14.5 Å². The highest BCUT2D eigenvalue weighted by molar-refractivity contribution is 7.80. The van der Waals surface area contributed by atoms with Crippen molar-refractivity contribution < 1.29 is 9.15 Å². The molecule has 1 aromatic heterocycles. The third kappa shape index (κ3) is 5.79. The molecule has 8 heteroatoms. The van der Waals surface area contributed by atoms with Crippen LogP contribution in [0.5, 0.6) is 0 Å². The van der Waals surface area contributed by atoms with Crippen molar-refractivity contribution in [2.24, 2.45) is 5.10 Å². The Hall–Kier alpha value is -1.60. The van der Waals surface area contributed by atoms with Gasteiger partial charge in [-0.2, -0.15) is 5.10 Å². The van der Waals surface area contributed by atoms with E-state index in [1.165, 1.54) is 0 Å². The molecule has 5 nitrogen and oxygen atoms in total. The lowest BCUT2D eigenvalue weighted by atomic mass is 10.2. The quantitative estimate of drug-likeness (QED) is 0.325. The fourth-order valence-corrected chi connectivity index (χ4v) is 2.29. The molecule has 0 spiro atoms. The number of hydrogen-bond acceptors (Lipinski definition) is 4. The highest BCUT2D eigenvalue weighted by atomic mass is 35.5. The van der Waals surface area contributed by atoms with Gasteiger partial charge in [-0.15, -0.1) is 0 Å². The lowest BCUT2D eigenvalue weighted by molar-refractivity contribution is 0.195. The summed E-state index contributed by atoms with van der Waals surface area (Å²) in [5.74, 6) is 1.26. The molecule has 1 heterocycles. The Balaban J connectivity index is 1.86. The summed E-state index contributed by atoms with van der Waals surface area (Å²) in [6, 6.07) is 8.96. The Labute approximate surface area is 156 Å². The topological polar surface area (TPSA) is 58.8 Å². The van der Waals surface area contributed by atoms with Gasteiger partial charge in [0.2, 0.25) is 0 Å². The van der Waals surface area contributed by atoms with E-state index in [4.69, 9.17) is 44.6 Å². The molecule has 2 N–H and O–H groups in total. The maximum absolute atomic E-state index is 6.01. The summed E-state index contributed by atoms with van der Waals surface area (Å²) in [4.78, 5) is 0. The zero-order valence-corrected chi connectivity index (χ0v) is 15.3. The Morgan fingerprint density at radius 1 is 1.29 bits per heavy atom. The summed E-state index contributed by atoms with van der Waals surface area (Å²) in [6.45, 7) is 1.40. The van der Waals surface area contributed by atoms with Crippen molar-refractivity contribution in [3.8, 4) is 11.3 Å². The van der Waals surface area contributed by atoms with Crippen molar-refractivity contribution in [3.63, 3.8) is 0 Å². The van der Waals surface area contributed by atoms with Crippen molar-refractivity contribution in [1.82, 2.24) is 10.7 Å². The van der Waals surface area contributed by atoms with Crippen LogP contribution in [0.1, 0.15) is 12.2 Å². The number of rotatable bonds is 7. The minimum atomic E-state index is 0.443. The molecule has 2 rings (SSSR count). The molecule has 0 amide bonds. The van der Waals surface area contributed by atoms with Gasteiger partial charge in [0.25, 0.3) is 0 Å². The van der Waals surface area contributed by atoms with Crippen LogP contribution in [0.3, 0.4) is 0 Å². The van der Waals surface area contributed by atoms with Crippen LogP contribution >= 0.6 is 35.4 Å². The maximum Gasteiger partial charge on any atom is 0.186 e. The molecule has 2 aromatic rings. The fraction of sp³-hybridized carbons (Fsp3) is 0.250. The molecule has 128 valence electrons. The average Bonchev–Trinajstić information content (AvgIpc) is 3.03. The fourth-order valence-electron chi connectivity index (χ4n) is 1.84. The Kier molecular flexibility index (Phi) is 7.52. The summed E-state index contributed by atoms with van der Waals surface area (Å²) in [6.07, 6.45) is 2.41. The van der Waals surface area contributed by atoms with Crippen LogP contribution in [0.15, 0.2) is 39.9 Å². The van der Waals surface area contributed by atoms with Crippen LogP contribution < -0.4 is 10.7 Å². The lowest BCUT2D eigenvalue weighted by Crippen LogP contribution is -2.33. The number of hydrazone groups is 1. The third-order valence-electron chi connectivity index (χ3n) is 3.00. The van der Waals surface area contributed by atoms with E-state index in [-0.39, 0.29) is 0 Å². The number of halogens is 2. The molecule has 0 saturated heterocycles. The van der Waals surface area contributed by atoms with Crippen LogP contribution in [0.2, 0.25) is 10.0 Å². The minimum absolute atomic E-state index is 0.443. The first-order chi connectivity index (χ1) is 11.6. The van der Waals surface area contributed by atoms with E-state index >= 15 is 0 Å². The van der Waals surface area contributed by atoms with Crippen molar-refractivity contribution in [1.29, 1.82) is 0 Å². The summed E-state index contributed by atoms with van der Waals surface area (Å²) >= 11 is 17.0. The van der Waals surface area contributed by atoms with E-state index in [1.54, 1.807) is 31.5 Å². The number of hydrogen-bond donors (Lipinski definition) is 2. The van der Waals surface area contributed by atoms with E-state index < -0.39 is 0 Å². The van der Waals surface area contributed by atoms with Gasteiger partial charge in [0.05, 0.1) is 16.3 Å². The second kappa shape index (κ2) is 9.64. The van der Waals surface area contributed by atoms with Crippen LogP contribution in [-0.2, 0) is 4.74 Å². The molecule has 0 aliphatic rings. The Morgan fingerprint density at radius 2 is 2.12 bits per heavy atom. The maximum atomic E-state index is 6.01. The smallest absolute Gasteiger partial charge is 0.186 e. The SMILES string of the molecule is COCCCNC(=S)NN=Cc1ccc(-c2ccc(Cl)c(Cl)c2)o1. The minimum Gasteiger partial charge on any atom is -0.455 e. The Bertz CT molecular complexity index is 719. The summed E-state index contributed by atoms with van der Waals surface area (Å²) in [7, 11) is 1.66. The summed E-state index contributed by atoms with van der Waals surface area (Å²) in [5.41, 5.74) is 3.56. The number of nitrogens with zero attached hydrogens (tertiary/aromatic N) is 1. The van der Waals surface area contributed by atoms with E-state index in [0.29, 0.717) is 33.3 Å². The van der Waals surface area contributed by atoms with Gasteiger partial charge in [-0.1, -0.05) is 23.2 Å². The van der Waals surface area contributed by atoms with E-state index in [0.717, 1.165) is 18.5 Å². The molecule has 0 aliphatic heterocycles. The van der Waals surface area contributed by atoms with Crippen LogP contribution in [-0.4, -0.2) is 31.6 Å². The average molecular weight is 386 g/mol. The van der Waals surface area contributed by atoms with Gasteiger partial charge in [-0.3, -0.25) is 5.43 Å². The van der Waals surface area contributed by atoms with Crippen molar-refractivity contribution in [3.05, 3.63) is 46.1 Å². The number of furan rings is 1. The molecule has 0 aliphatic carbocycles. The monoisotopic (exact) mass is 385 g/mol. The predicted octanol–water partition coefficient (Wildman–Crippen LogP) is 4.09. The standard InChI is InChI=1S/C16H17Cl2N3O2S/c1-22-8-2-7-19-16(24)21-20-10-12-4-6-15(23-12)11-3-5-13(17)14(18)9-11/h3-6,9-10H,2,7-8H2,1H3,(H2,19,21,24). The van der Waals surface area contributed by atoms with E-state index in [2.05, 4.69) is 15.8 Å². The molecular formula is C16H17Cl2N3O2S. The van der Waals surface area contributed by atoms with Crippen LogP contribution in [0, 0.1) is 0 Å². The normalized spacial score (nSPS) is 11.0. The van der Waals surface area contributed by atoms with Gasteiger partial charge in [0.1, 0.15) is 11.5 Å². The van der Waals surface area contributed by atoms with Gasteiger partial charge in [-0.05, 0) is 49.0 Å². The molecule has 0 unspecified atom stereocenters. The summed E-state index contributed by atoms with van der Waals surface area (Å²) in [5, 5.41) is 8.47. The first-order valence-electron chi connectivity index (χ1n) is 7.21. The van der Waals surface area contributed by atoms with Gasteiger partial charge in [0.15, 0.2) is 5.11 Å². The number of ether oxygens (including phenoxy) is 1. The number of benzene rings is 1. The Morgan fingerprint density at radius 3 is 2.88 bits per heavy atom. The van der Waals surface area contributed by atoms with Crippen molar-refractivity contribution in [2.75, 3.05) is 20.3 Å². The number of thiocarbonyl (C=S) groups is 1. The predicted molar refractivity (Wildman–Crippen MR) is 102 cm³/mol. The van der Waals surface area contributed by atoms with Gasteiger partial charge in [-0.25, -0.2) is 0 Å². The zero-order valence-electron chi connectivity index (χ0n) is 13.0. The molecule has 0 fully saturated rings. The van der Waals surface area contributed by atoms with E-state index in [9.17, 15) is 0 Å². The second-order valence-corrected chi connectivity index (χ2v) is 6.03. The summed E-state index contributed by atoms with van der Waals surface area (Å²) < 4.78 is 10.6. The molecule has 1 aromatic carbocycles. The molecule has 0 atom stereocenters. The number of methoxy groups -OCH3 is 1. The second-order valence-electron chi connectivity index (χ2n) is 4.80. The first kappa shape index (κ1) is 18.7. The molecule has 0 saturated carbocycles. The molecule has 24 heavy (non-hydrogen) atoms. The van der Waals surface area contributed by atoms with Crippen molar-refractivity contribution in [2.45, 2.75) is 6.42 Å². The van der Waals surface area contributed by atoms with Gasteiger partial charge >= 0.3 is 0 Å². The highest BCUT2D eigenvalue weighted by Crippen LogP contribution is 2.29. The molecular weight excluding hydrogens is 369 g/mol. The zero-order chi connectivity index (χ0) is 17.4. The molecule has 0 bridgehead atoms. The number of nitrogens with one attached hydrogen (secondary N) is 2. The third-order valence-corrected chi connectivity index (χ3v) is 3.97. The van der Waals surface area contributed by atoms with Crippen molar-refractivity contribution >= 4 is 46.7 Å². The van der Waals surface area contributed by atoms with Crippen LogP contribution in [0.25, 0.3) is 11.3 Å². The van der Waals surface area contributed by atoms with Crippen LogP contribution in [0.4, 0.5) is 0 Å².